The Kier molecular flexibility index (Phi) is 5.64. The molecule has 0 aromatic heterocycles. The van der Waals surface area contributed by atoms with Gasteiger partial charge in [-0.25, -0.2) is 0 Å². The van der Waals surface area contributed by atoms with Crippen LogP contribution in [-0.2, 0) is 4.79 Å². The number of phenols is 1. The van der Waals surface area contributed by atoms with Crippen LogP contribution in [0.25, 0.3) is 6.08 Å². The summed E-state index contributed by atoms with van der Waals surface area (Å²) in [6.07, 6.45) is 1.79. The van der Waals surface area contributed by atoms with Crippen LogP contribution in [0.1, 0.15) is 19.4 Å². The Labute approximate surface area is 163 Å². The molecule has 0 unspecified atom stereocenters. The number of carbonyl (C=O) groups excluding carboxylic acids is 1. The lowest BCUT2D eigenvalue weighted by atomic mass is 10.2. The van der Waals surface area contributed by atoms with Gasteiger partial charge in [0.2, 0.25) is 0 Å². The Morgan fingerprint density at radius 2 is 1.69 bits per heavy atom. The summed E-state index contributed by atoms with van der Waals surface area (Å²) >= 11 is 6.71. The number of thioether (sulfide) groups is 1. The van der Waals surface area contributed by atoms with Crippen LogP contribution in [0.3, 0.4) is 0 Å². The first-order valence-corrected chi connectivity index (χ1v) is 9.68. The van der Waals surface area contributed by atoms with Crippen molar-refractivity contribution in [3.8, 4) is 5.75 Å². The summed E-state index contributed by atoms with van der Waals surface area (Å²) in [6, 6.07) is 14.6. The van der Waals surface area contributed by atoms with Gasteiger partial charge in [0.05, 0.1) is 10.6 Å². The van der Waals surface area contributed by atoms with Gasteiger partial charge >= 0.3 is 0 Å². The zero-order chi connectivity index (χ0) is 18.7. The molecule has 0 bridgehead atoms. The second-order valence-electron chi connectivity index (χ2n) is 5.80. The quantitative estimate of drug-likeness (QED) is 0.601. The van der Waals surface area contributed by atoms with E-state index in [1.807, 2.05) is 24.3 Å². The van der Waals surface area contributed by atoms with E-state index in [-0.39, 0.29) is 11.7 Å². The molecule has 1 aliphatic rings. The van der Waals surface area contributed by atoms with Crippen LogP contribution in [0.5, 0.6) is 5.75 Å². The second kappa shape index (κ2) is 7.93. The van der Waals surface area contributed by atoms with Crippen molar-refractivity contribution in [3.05, 3.63) is 59.0 Å². The van der Waals surface area contributed by atoms with Gasteiger partial charge < -0.3 is 10.0 Å². The number of benzene rings is 2. The van der Waals surface area contributed by atoms with E-state index >= 15 is 0 Å². The fourth-order valence-corrected chi connectivity index (χ4v) is 4.11. The smallest absolute Gasteiger partial charge is 0.270 e. The molecular weight excluding hydrogens is 364 g/mol. The molecule has 2 aromatic carbocycles. The largest absolute Gasteiger partial charge is 0.508 e. The monoisotopic (exact) mass is 384 g/mol. The predicted octanol–water partition coefficient (Wildman–Crippen LogP) is 4.64. The van der Waals surface area contributed by atoms with Crippen LogP contribution < -0.4 is 9.80 Å². The van der Waals surface area contributed by atoms with Crippen molar-refractivity contribution < 1.29 is 9.90 Å². The maximum Gasteiger partial charge on any atom is 0.270 e. The third kappa shape index (κ3) is 3.76. The highest BCUT2D eigenvalue weighted by atomic mass is 32.2. The molecule has 6 heteroatoms. The zero-order valence-electron chi connectivity index (χ0n) is 14.7. The topological polar surface area (TPSA) is 43.8 Å². The van der Waals surface area contributed by atoms with Crippen LogP contribution in [-0.4, -0.2) is 28.4 Å². The van der Waals surface area contributed by atoms with E-state index in [9.17, 15) is 9.90 Å². The molecule has 1 N–H and O–H groups in total. The van der Waals surface area contributed by atoms with Crippen LogP contribution in [0.2, 0.25) is 0 Å². The standard InChI is InChI=1S/C20H20N2O2S2/c1-3-21(4-2)15-7-9-16(10-8-15)22-19(24)18(26-20(22)25)13-14-5-11-17(23)12-6-14/h5-13,23H,3-4H2,1-2H3. The number of hydrogen-bond acceptors (Lipinski definition) is 5. The molecule has 0 radical (unpaired) electrons. The van der Waals surface area contributed by atoms with E-state index in [1.54, 1.807) is 35.2 Å². The highest BCUT2D eigenvalue weighted by molar-refractivity contribution is 8.27. The normalized spacial score (nSPS) is 15.8. The van der Waals surface area contributed by atoms with Crippen LogP contribution in [0.15, 0.2) is 53.4 Å². The second-order valence-corrected chi connectivity index (χ2v) is 7.47. The van der Waals surface area contributed by atoms with Crippen molar-refractivity contribution in [1.29, 1.82) is 0 Å². The van der Waals surface area contributed by atoms with E-state index in [0.717, 1.165) is 30.0 Å². The molecule has 1 heterocycles. The zero-order valence-corrected chi connectivity index (χ0v) is 16.3. The summed E-state index contributed by atoms with van der Waals surface area (Å²) in [4.78, 5) is 17.2. The third-order valence-corrected chi connectivity index (χ3v) is 5.52. The number of carbonyl (C=O) groups is 1. The molecule has 4 nitrogen and oxygen atoms in total. The molecular formula is C20H20N2O2S2. The SMILES string of the molecule is CCN(CC)c1ccc(N2C(=O)C(=Cc3ccc(O)cc3)SC2=S)cc1. The molecule has 1 fully saturated rings. The first-order chi connectivity index (χ1) is 12.5. The number of nitrogens with zero attached hydrogens (tertiary/aromatic N) is 2. The maximum absolute atomic E-state index is 12.8. The van der Waals surface area contributed by atoms with Crippen molar-refractivity contribution in [3.63, 3.8) is 0 Å². The molecule has 0 atom stereocenters. The Morgan fingerprint density at radius 3 is 2.27 bits per heavy atom. The van der Waals surface area contributed by atoms with Crippen molar-refractivity contribution in [1.82, 2.24) is 0 Å². The number of aromatic hydroxyl groups is 1. The summed E-state index contributed by atoms with van der Waals surface area (Å²) < 4.78 is 0.524. The number of anilines is 2. The number of rotatable bonds is 5. The maximum atomic E-state index is 12.8. The number of phenolic OH excluding ortho intramolecular Hbond substituents is 1. The van der Waals surface area contributed by atoms with Crippen molar-refractivity contribution in [2.75, 3.05) is 22.9 Å². The lowest BCUT2D eigenvalue weighted by Crippen LogP contribution is -2.27. The summed E-state index contributed by atoms with van der Waals surface area (Å²) in [5, 5.41) is 9.37. The van der Waals surface area contributed by atoms with E-state index < -0.39 is 0 Å². The van der Waals surface area contributed by atoms with Gasteiger partial charge in [0.1, 0.15) is 5.75 Å². The number of hydrogen-bond donors (Lipinski definition) is 1. The van der Waals surface area contributed by atoms with Crippen LogP contribution in [0.4, 0.5) is 11.4 Å². The average molecular weight is 385 g/mol. The Bertz CT molecular complexity index is 841. The average Bonchev–Trinajstić information content (AvgIpc) is 2.92. The molecule has 0 aliphatic carbocycles. The van der Waals surface area contributed by atoms with Gasteiger partial charge in [0.25, 0.3) is 5.91 Å². The van der Waals surface area contributed by atoms with Gasteiger partial charge in [-0.05, 0) is 61.9 Å². The first kappa shape index (κ1) is 18.5. The fourth-order valence-electron chi connectivity index (χ4n) is 2.81. The first-order valence-electron chi connectivity index (χ1n) is 8.45. The lowest BCUT2D eigenvalue weighted by Gasteiger charge is -2.22. The minimum Gasteiger partial charge on any atom is -0.508 e. The van der Waals surface area contributed by atoms with E-state index in [4.69, 9.17) is 12.2 Å². The predicted molar refractivity (Wildman–Crippen MR) is 114 cm³/mol. The van der Waals surface area contributed by atoms with Gasteiger partial charge in [-0.3, -0.25) is 9.69 Å². The van der Waals surface area contributed by atoms with Crippen molar-refractivity contribution in [2.24, 2.45) is 0 Å². The number of thiocarbonyl (C=S) groups is 1. The summed E-state index contributed by atoms with van der Waals surface area (Å²) in [5.74, 6) is 0.0756. The summed E-state index contributed by atoms with van der Waals surface area (Å²) in [7, 11) is 0. The molecule has 1 saturated heterocycles. The molecule has 134 valence electrons. The van der Waals surface area contributed by atoms with Gasteiger partial charge in [0.15, 0.2) is 4.32 Å². The molecule has 1 aliphatic heterocycles. The third-order valence-electron chi connectivity index (χ3n) is 4.22. The van der Waals surface area contributed by atoms with Gasteiger partial charge in [-0.1, -0.05) is 36.1 Å². The van der Waals surface area contributed by atoms with E-state index in [2.05, 4.69) is 18.7 Å². The molecule has 3 rings (SSSR count). The van der Waals surface area contributed by atoms with Crippen LogP contribution in [0, 0.1) is 0 Å². The molecule has 0 spiro atoms. The van der Waals surface area contributed by atoms with Crippen LogP contribution >= 0.6 is 24.0 Å². The molecule has 1 amide bonds. The minimum absolute atomic E-state index is 0.122. The number of amides is 1. The van der Waals surface area contributed by atoms with Gasteiger partial charge in [-0.2, -0.15) is 0 Å². The lowest BCUT2D eigenvalue weighted by molar-refractivity contribution is -0.113. The van der Waals surface area contributed by atoms with Crippen molar-refractivity contribution >= 4 is 51.7 Å². The van der Waals surface area contributed by atoms with E-state index in [1.165, 1.54) is 11.8 Å². The highest BCUT2D eigenvalue weighted by Gasteiger charge is 2.33. The minimum atomic E-state index is -0.122. The summed E-state index contributed by atoms with van der Waals surface area (Å²) in [6.45, 7) is 6.11. The Hall–Kier alpha value is -2.31. The molecule has 2 aromatic rings. The van der Waals surface area contributed by atoms with Gasteiger partial charge in [0, 0.05) is 18.8 Å². The van der Waals surface area contributed by atoms with Gasteiger partial charge in [-0.15, -0.1) is 0 Å². The molecule has 0 saturated carbocycles. The Balaban J connectivity index is 1.84. The van der Waals surface area contributed by atoms with E-state index in [0.29, 0.717) is 9.23 Å². The molecule has 26 heavy (non-hydrogen) atoms. The highest BCUT2D eigenvalue weighted by Crippen LogP contribution is 2.36. The fraction of sp³-hybridized carbons (Fsp3) is 0.200. The van der Waals surface area contributed by atoms with Crippen molar-refractivity contribution in [2.45, 2.75) is 13.8 Å². The summed E-state index contributed by atoms with van der Waals surface area (Å²) in [5.41, 5.74) is 2.75. The Morgan fingerprint density at radius 1 is 1.08 bits per heavy atom.